The van der Waals surface area contributed by atoms with Gasteiger partial charge in [0.25, 0.3) is 11.7 Å². The van der Waals surface area contributed by atoms with Gasteiger partial charge in [-0.2, -0.15) is 0 Å². The molecule has 2 aromatic carbocycles. The van der Waals surface area contributed by atoms with Gasteiger partial charge in [-0.15, -0.1) is 0 Å². The minimum atomic E-state index is -0.915. The van der Waals surface area contributed by atoms with Crippen molar-refractivity contribution in [2.45, 2.75) is 19.0 Å². The third-order valence-electron chi connectivity index (χ3n) is 6.32. The van der Waals surface area contributed by atoms with Crippen molar-refractivity contribution in [3.63, 3.8) is 0 Å². The Bertz CT molecular complexity index is 1390. The van der Waals surface area contributed by atoms with Gasteiger partial charge < -0.3 is 33.9 Å². The van der Waals surface area contributed by atoms with Gasteiger partial charge in [0.05, 0.1) is 29.5 Å². The Balaban J connectivity index is 1.59. The van der Waals surface area contributed by atoms with E-state index in [2.05, 4.69) is 20.9 Å². The Hall–Kier alpha value is -3.99. The Morgan fingerprint density at radius 2 is 1.95 bits per heavy atom. The predicted octanol–water partition coefficient (Wildman–Crippen LogP) is 3.64. The number of likely N-dealkylation sites (tertiary alicyclic amines) is 1. The summed E-state index contributed by atoms with van der Waals surface area (Å²) in [7, 11) is 1.41. The number of aryl methyl sites for hydroxylation is 1. The average Bonchev–Trinajstić information content (AvgIpc) is 3.52. The fourth-order valence-corrected chi connectivity index (χ4v) is 5.01. The smallest absolute Gasteiger partial charge is 0.295 e. The lowest BCUT2D eigenvalue weighted by Gasteiger charge is -2.26. The normalized spacial score (nSPS) is 18.3. The SMILES string of the molecule is COc1cc(C2/C(=C(/O)c3ccc4c(c3)OCCO4)C(=O)C(=O)N2CCCn2ccnc2)cc(Br)c1O. The van der Waals surface area contributed by atoms with Crippen molar-refractivity contribution in [2.24, 2.45) is 0 Å². The molecule has 0 aliphatic carbocycles. The van der Waals surface area contributed by atoms with Crippen LogP contribution in [0.5, 0.6) is 23.0 Å². The fraction of sp³-hybridized carbons (Fsp3) is 0.269. The highest BCUT2D eigenvalue weighted by Gasteiger charge is 2.46. The maximum absolute atomic E-state index is 13.3. The molecule has 1 amide bonds. The van der Waals surface area contributed by atoms with E-state index in [-0.39, 0.29) is 29.4 Å². The number of aromatic hydroxyl groups is 1. The molecule has 11 heteroatoms. The number of benzene rings is 2. The third kappa shape index (κ3) is 4.62. The van der Waals surface area contributed by atoms with E-state index in [1.54, 1.807) is 42.9 Å². The number of imidazole rings is 1. The lowest BCUT2D eigenvalue weighted by molar-refractivity contribution is -0.139. The number of halogens is 1. The van der Waals surface area contributed by atoms with Crippen molar-refractivity contribution in [3.8, 4) is 23.0 Å². The summed E-state index contributed by atoms with van der Waals surface area (Å²) in [6, 6.07) is 7.09. The number of Topliss-reactive ketones (excluding diaryl/α,β-unsaturated/α-hetero) is 1. The number of methoxy groups -OCH3 is 1. The molecule has 0 spiro atoms. The maximum Gasteiger partial charge on any atom is 0.295 e. The van der Waals surface area contributed by atoms with Crippen LogP contribution in [-0.2, 0) is 16.1 Å². The summed E-state index contributed by atoms with van der Waals surface area (Å²) in [5.41, 5.74) is 0.738. The van der Waals surface area contributed by atoms with Gasteiger partial charge in [0.1, 0.15) is 19.0 Å². The van der Waals surface area contributed by atoms with Gasteiger partial charge in [-0.05, 0) is 58.2 Å². The van der Waals surface area contributed by atoms with Crippen LogP contribution < -0.4 is 14.2 Å². The number of ether oxygens (including phenoxy) is 3. The number of nitrogens with zero attached hydrogens (tertiary/aromatic N) is 3. The number of hydrogen-bond acceptors (Lipinski definition) is 8. The van der Waals surface area contributed by atoms with Crippen molar-refractivity contribution in [2.75, 3.05) is 26.9 Å². The van der Waals surface area contributed by atoms with Crippen LogP contribution in [0.15, 0.2) is 59.1 Å². The molecule has 5 rings (SSSR count). The van der Waals surface area contributed by atoms with Gasteiger partial charge in [-0.1, -0.05) is 0 Å². The molecule has 0 saturated carbocycles. The number of hydrogen-bond donors (Lipinski definition) is 2. The second kappa shape index (κ2) is 10.2. The number of aliphatic hydroxyl groups excluding tert-OH is 1. The number of carbonyl (C=O) groups is 2. The van der Waals surface area contributed by atoms with Crippen molar-refractivity contribution >= 4 is 33.4 Å². The Labute approximate surface area is 220 Å². The zero-order valence-corrected chi connectivity index (χ0v) is 21.5. The maximum atomic E-state index is 13.3. The van der Waals surface area contributed by atoms with Crippen molar-refractivity contribution in [1.29, 1.82) is 0 Å². The van der Waals surface area contributed by atoms with E-state index >= 15 is 0 Å². The number of fused-ring (bicyclic) bond motifs is 1. The highest BCUT2D eigenvalue weighted by atomic mass is 79.9. The number of ketones is 1. The van der Waals surface area contributed by atoms with Crippen molar-refractivity contribution in [3.05, 3.63) is 70.2 Å². The summed E-state index contributed by atoms with van der Waals surface area (Å²) in [6.45, 7) is 1.60. The Morgan fingerprint density at radius 1 is 1.16 bits per heavy atom. The molecule has 10 nitrogen and oxygen atoms in total. The Kier molecular flexibility index (Phi) is 6.79. The van der Waals surface area contributed by atoms with E-state index in [0.717, 1.165) is 0 Å². The molecule has 3 heterocycles. The number of aromatic nitrogens is 2. The molecule has 3 aromatic rings. The zero-order chi connectivity index (χ0) is 26.1. The summed E-state index contributed by atoms with van der Waals surface area (Å²) in [5, 5.41) is 21.7. The largest absolute Gasteiger partial charge is 0.507 e. The van der Waals surface area contributed by atoms with Gasteiger partial charge in [-0.3, -0.25) is 9.59 Å². The first kappa shape index (κ1) is 24.7. The molecule has 1 unspecified atom stereocenters. The van der Waals surface area contributed by atoms with E-state index in [1.807, 2.05) is 10.8 Å². The van der Waals surface area contributed by atoms with Gasteiger partial charge in [-0.25, -0.2) is 4.98 Å². The van der Waals surface area contributed by atoms with Gasteiger partial charge >= 0.3 is 0 Å². The van der Waals surface area contributed by atoms with Gasteiger partial charge in [0.2, 0.25) is 0 Å². The fourth-order valence-electron chi connectivity index (χ4n) is 4.55. The third-order valence-corrected chi connectivity index (χ3v) is 6.92. The molecule has 1 atom stereocenters. The van der Waals surface area contributed by atoms with Crippen LogP contribution in [-0.4, -0.2) is 63.2 Å². The molecule has 2 N–H and O–H groups in total. The predicted molar refractivity (Wildman–Crippen MR) is 136 cm³/mol. The molecule has 1 aromatic heterocycles. The quantitative estimate of drug-likeness (QED) is 0.251. The lowest BCUT2D eigenvalue weighted by atomic mass is 9.94. The monoisotopic (exact) mass is 569 g/mol. The number of phenolic OH excluding ortho intramolecular Hbond substituents is 1. The van der Waals surface area contributed by atoms with E-state index in [4.69, 9.17) is 14.2 Å². The molecule has 1 fully saturated rings. The number of aliphatic hydroxyl groups is 1. The molecule has 0 bridgehead atoms. The minimum Gasteiger partial charge on any atom is -0.507 e. The number of phenols is 1. The van der Waals surface area contributed by atoms with Gasteiger partial charge in [0, 0.05) is 31.0 Å². The van der Waals surface area contributed by atoms with E-state index < -0.39 is 17.7 Å². The summed E-state index contributed by atoms with van der Waals surface area (Å²) in [5.74, 6) is -0.841. The van der Waals surface area contributed by atoms with E-state index in [0.29, 0.717) is 53.3 Å². The minimum absolute atomic E-state index is 0.0658. The van der Waals surface area contributed by atoms with Crippen LogP contribution in [0.25, 0.3) is 5.76 Å². The second-order valence-electron chi connectivity index (χ2n) is 8.56. The highest BCUT2D eigenvalue weighted by molar-refractivity contribution is 9.10. The van der Waals surface area contributed by atoms with Gasteiger partial charge in [0.15, 0.2) is 23.0 Å². The molecule has 2 aliphatic rings. The first-order valence-corrected chi connectivity index (χ1v) is 12.4. The summed E-state index contributed by atoms with van der Waals surface area (Å²) in [6.07, 6.45) is 5.70. The zero-order valence-electron chi connectivity index (χ0n) is 19.9. The lowest BCUT2D eigenvalue weighted by Crippen LogP contribution is -2.31. The molecule has 2 aliphatic heterocycles. The Morgan fingerprint density at radius 3 is 2.68 bits per heavy atom. The van der Waals surface area contributed by atoms with Crippen molar-refractivity contribution in [1.82, 2.24) is 14.5 Å². The summed E-state index contributed by atoms with van der Waals surface area (Å²) in [4.78, 5) is 32.0. The van der Waals surface area contributed by atoms with E-state index in [1.165, 1.54) is 12.0 Å². The first-order valence-electron chi connectivity index (χ1n) is 11.6. The van der Waals surface area contributed by atoms with Crippen LogP contribution >= 0.6 is 15.9 Å². The molecule has 0 radical (unpaired) electrons. The topological polar surface area (TPSA) is 123 Å². The highest BCUT2D eigenvalue weighted by Crippen LogP contribution is 2.45. The number of carbonyl (C=O) groups excluding carboxylic acids is 2. The first-order chi connectivity index (χ1) is 17.9. The molecular formula is C26H24BrN3O7. The van der Waals surface area contributed by atoms with Crippen LogP contribution in [0, 0.1) is 0 Å². The van der Waals surface area contributed by atoms with E-state index in [9.17, 15) is 19.8 Å². The summed E-state index contributed by atoms with van der Waals surface area (Å²) >= 11 is 3.32. The standard InChI is InChI=1S/C26H24BrN3O7/c1-35-20-13-16(11-17(27)24(20)32)22-21(23(31)15-3-4-18-19(12-15)37-10-9-36-18)25(33)26(34)30(22)7-2-6-29-8-5-28-14-29/h3-5,8,11-14,22,31-32H,2,6-7,9-10H2,1H3/b23-21-. The molecule has 1 saturated heterocycles. The average molecular weight is 570 g/mol. The van der Waals surface area contributed by atoms with Crippen LogP contribution in [0.2, 0.25) is 0 Å². The second-order valence-corrected chi connectivity index (χ2v) is 9.41. The van der Waals surface area contributed by atoms with Crippen LogP contribution in [0.4, 0.5) is 0 Å². The molecule has 192 valence electrons. The molecular weight excluding hydrogens is 546 g/mol. The van der Waals surface area contributed by atoms with Crippen molar-refractivity contribution < 1.29 is 34.0 Å². The summed E-state index contributed by atoms with van der Waals surface area (Å²) < 4.78 is 18.7. The number of amides is 1. The number of rotatable bonds is 7. The van der Waals surface area contributed by atoms with Crippen LogP contribution in [0.1, 0.15) is 23.6 Å². The van der Waals surface area contributed by atoms with Crippen LogP contribution in [0.3, 0.4) is 0 Å². The molecule has 37 heavy (non-hydrogen) atoms.